The van der Waals surface area contributed by atoms with Gasteiger partial charge in [0.25, 0.3) is 0 Å². The monoisotopic (exact) mass is 417 g/mol. The Labute approximate surface area is 179 Å². The molecule has 2 N–H and O–H groups in total. The number of aryl methyl sites for hydroxylation is 3. The maximum atomic E-state index is 11.9. The Bertz CT molecular complexity index is 1280. The first kappa shape index (κ1) is 19.8. The van der Waals surface area contributed by atoms with E-state index in [2.05, 4.69) is 38.9 Å². The molecule has 0 saturated heterocycles. The molecule has 4 rings (SSSR count). The summed E-state index contributed by atoms with van der Waals surface area (Å²) < 4.78 is 2.07. The Morgan fingerprint density at radius 2 is 2.03 bits per heavy atom. The summed E-state index contributed by atoms with van der Waals surface area (Å²) in [6.07, 6.45) is 5.14. The Morgan fingerprint density at radius 1 is 1.23 bits per heavy atom. The van der Waals surface area contributed by atoms with Crippen LogP contribution in [0, 0.1) is 20.8 Å². The molecular formula is C23H23N5OS. The number of nitrogens with one attached hydrogen (secondary N) is 2. The third-order valence-corrected chi connectivity index (χ3v) is 5.93. The van der Waals surface area contributed by atoms with Crippen LogP contribution in [0.4, 0.5) is 16.6 Å². The summed E-state index contributed by atoms with van der Waals surface area (Å²) in [5.74, 6) is 0.496. The molecular weight excluding hydrogens is 394 g/mol. The Kier molecular flexibility index (Phi) is 5.13. The van der Waals surface area contributed by atoms with Crippen LogP contribution in [0.5, 0.6) is 0 Å². The molecule has 0 spiro atoms. The first-order valence-corrected chi connectivity index (χ1v) is 10.4. The van der Waals surface area contributed by atoms with Gasteiger partial charge in [-0.2, -0.15) is 0 Å². The van der Waals surface area contributed by atoms with Gasteiger partial charge in [-0.3, -0.25) is 4.79 Å². The van der Waals surface area contributed by atoms with Gasteiger partial charge in [-0.05, 0) is 44.0 Å². The number of carbonyl (C=O) groups excluding carboxylic acids is 1. The van der Waals surface area contributed by atoms with Gasteiger partial charge in [-0.15, -0.1) is 11.3 Å². The predicted molar refractivity (Wildman–Crippen MR) is 125 cm³/mol. The summed E-state index contributed by atoms with van der Waals surface area (Å²) in [7, 11) is 2.02. The molecule has 0 aliphatic rings. The highest BCUT2D eigenvalue weighted by molar-refractivity contribution is 7.15. The minimum Gasteiger partial charge on any atom is -0.350 e. The molecule has 0 radical (unpaired) electrons. The summed E-state index contributed by atoms with van der Waals surface area (Å²) >= 11 is 1.59. The van der Waals surface area contributed by atoms with Crippen LogP contribution < -0.4 is 10.6 Å². The SMILES string of the molecule is C=CC(=O)Nc1c(C)ccc(-c2nc(Nc3ncc(C)s3)cc3c2ccn3C)c1C. The van der Waals surface area contributed by atoms with Crippen molar-refractivity contribution in [1.82, 2.24) is 14.5 Å². The lowest BCUT2D eigenvalue weighted by Crippen LogP contribution is -2.10. The molecule has 152 valence electrons. The van der Waals surface area contributed by atoms with Crippen molar-refractivity contribution >= 4 is 44.8 Å². The van der Waals surface area contributed by atoms with E-state index in [1.54, 1.807) is 11.3 Å². The van der Waals surface area contributed by atoms with Crippen LogP contribution in [-0.4, -0.2) is 20.4 Å². The lowest BCUT2D eigenvalue weighted by atomic mass is 9.98. The summed E-state index contributed by atoms with van der Waals surface area (Å²) in [5, 5.41) is 8.12. The van der Waals surface area contributed by atoms with Crippen molar-refractivity contribution in [3.63, 3.8) is 0 Å². The van der Waals surface area contributed by atoms with E-state index in [-0.39, 0.29) is 5.91 Å². The molecule has 0 unspecified atom stereocenters. The molecule has 1 amide bonds. The van der Waals surface area contributed by atoms with Gasteiger partial charge < -0.3 is 15.2 Å². The highest BCUT2D eigenvalue weighted by Crippen LogP contribution is 2.36. The number of hydrogen-bond donors (Lipinski definition) is 2. The quantitative estimate of drug-likeness (QED) is 0.421. The van der Waals surface area contributed by atoms with Gasteiger partial charge in [0.2, 0.25) is 5.91 Å². The van der Waals surface area contributed by atoms with Crippen LogP contribution in [-0.2, 0) is 11.8 Å². The smallest absolute Gasteiger partial charge is 0.247 e. The molecule has 0 aliphatic heterocycles. The summed E-state index contributed by atoms with van der Waals surface area (Å²) in [5.41, 5.74) is 5.63. The summed E-state index contributed by atoms with van der Waals surface area (Å²) in [6.45, 7) is 9.56. The third-order valence-electron chi connectivity index (χ3n) is 5.10. The molecule has 1 aromatic carbocycles. The number of pyridine rings is 1. The van der Waals surface area contributed by atoms with Crippen molar-refractivity contribution in [2.24, 2.45) is 7.05 Å². The van der Waals surface area contributed by atoms with Gasteiger partial charge in [0, 0.05) is 47.0 Å². The van der Waals surface area contributed by atoms with Gasteiger partial charge in [-0.25, -0.2) is 9.97 Å². The number of thiazole rings is 1. The maximum absolute atomic E-state index is 11.9. The van der Waals surface area contributed by atoms with Crippen molar-refractivity contribution < 1.29 is 4.79 Å². The molecule has 0 bridgehead atoms. The van der Waals surface area contributed by atoms with Gasteiger partial charge >= 0.3 is 0 Å². The zero-order chi connectivity index (χ0) is 21.4. The van der Waals surface area contributed by atoms with E-state index in [9.17, 15) is 4.79 Å². The number of anilines is 3. The minimum absolute atomic E-state index is 0.231. The van der Waals surface area contributed by atoms with E-state index in [0.29, 0.717) is 0 Å². The van der Waals surface area contributed by atoms with Crippen LogP contribution in [0.2, 0.25) is 0 Å². The van der Waals surface area contributed by atoms with E-state index >= 15 is 0 Å². The average molecular weight is 418 g/mol. The lowest BCUT2D eigenvalue weighted by Gasteiger charge is -2.16. The molecule has 6 nitrogen and oxygen atoms in total. The number of fused-ring (bicyclic) bond motifs is 1. The molecule has 0 aliphatic carbocycles. The van der Waals surface area contributed by atoms with Crippen LogP contribution in [0.1, 0.15) is 16.0 Å². The van der Waals surface area contributed by atoms with E-state index in [0.717, 1.165) is 54.8 Å². The maximum Gasteiger partial charge on any atom is 0.247 e. The lowest BCUT2D eigenvalue weighted by molar-refractivity contribution is -0.111. The van der Waals surface area contributed by atoms with Gasteiger partial charge in [0.1, 0.15) is 5.82 Å². The minimum atomic E-state index is -0.231. The third kappa shape index (κ3) is 3.59. The summed E-state index contributed by atoms with van der Waals surface area (Å²) in [4.78, 5) is 22.4. The Morgan fingerprint density at radius 3 is 2.73 bits per heavy atom. The van der Waals surface area contributed by atoms with E-state index in [1.807, 2.05) is 52.3 Å². The van der Waals surface area contributed by atoms with Crippen LogP contribution >= 0.6 is 11.3 Å². The fourth-order valence-electron chi connectivity index (χ4n) is 3.53. The zero-order valence-corrected chi connectivity index (χ0v) is 18.2. The van der Waals surface area contributed by atoms with Crippen molar-refractivity contribution in [2.45, 2.75) is 20.8 Å². The molecule has 3 aromatic heterocycles. The highest BCUT2D eigenvalue weighted by Gasteiger charge is 2.17. The highest BCUT2D eigenvalue weighted by atomic mass is 32.1. The van der Waals surface area contributed by atoms with Crippen molar-refractivity contribution in [2.75, 3.05) is 10.6 Å². The second kappa shape index (κ2) is 7.76. The number of amides is 1. The number of hydrogen-bond acceptors (Lipinski definition) is 5. The Hall–Kier alpha value is -3.45. The fourth-order valence-corrected chi connectivity index (χ4v) is 4.20. The standard InChI is InChI=1S/C23H23N5OS/c1-6-20(29)27-21-13(2)7-8-16(15(21)4)22-17-9-10-28(5)18(17)11-19(25-22)26-23-24-12-14(3)30-23/h6-12H,1H2,2-5H3,(H,27,29)(H,24,25,26). The number of nitrogens with zero attached hydrogens (tertiary/aromatic N) is 3. The largest absolute Gasteiger partial charge is 0.350 e. The molecule has 0 saturated carbocycles. The van der Waals surface area contributed by atoms with Crippen LogP contribution in [0.15, 0.2) is 49.3 Å². The van der Waals surface area contributed by atoms with E-state index in [1.165, 1.54) is 6.08 Å². The molecule has 30 heavy (non-hydrogen) atoms. The van der Waals surface area contributed by atoms with Crippen LogP contribution in [0.3, 0.4) is 0 Å². The number of carbonyl (C=O) groups is 1. The first-order chi connectivity index (χ1) is 14.4. The second-order valence-electron chi connectivity index (χ2n) is 7.24. The number of aromatic nitrogens is 3. The summed E-state index contributed by atoms with van der Waals surface area (Å²) in [6, 6.07) is 8.15. The van der Waals surface area contributed by atoms with E-state index < -0.39 is 0 Å². The van der Waals surface area contributed by atoms with Crippen LogP contribution in [0.25, 0.3) is 22.2 Å². The fraction of sp³-hybridized carbons (Fsp3) is 0.174. The number of rotatable bonds is 5. The van der Waals surface area contributed by atoms with E-state index in [4.69, 9.17) is 4.98 Å². The molecule has 4 aromatic rings. The average Bonchev–Trinajstić information content (AvgIpc) is 3.30. The van der Waals surface area contributed by atoms with Crippen molar-refractivity contribution in [1.29, 1.82) is 0 Å². The van der Waals surface area contributed by atoms with Gasteiger partial charge in [0.05, 0.1) is 11.2 Å². The first-order valence-electron chi connectivity index (χ1n) is 9.57. The predicted octanol–water partition coefficient (Wildman–Crippen LogP) is 5.49. The molecule has 7 heteroatoms. The zero-order valence-electron chi connectivity index (χ0n) is 17.4. The van der Waals surface area contributed by atoms with Gasteiger partial charge in [-0.1, -0.05) is 18.7 Å². The van der Waals surface area contributed by atoms with Crippen molar-refractivity contribution in [3.8, 4) is 11.3 Å². The molecule has 0 atom stereocenters. The normalized spacial score (nSPS) is 10.9. The van der Waals surface area contributed by atoms with Gasteiger partial charge in [0.15, 0.2) is 5.13 Å². The topological polar surface area (TPSA) is 71.8 Å². The van der Waals surface area contributed by atoms with Crippen molar-refractivity contribution in [3.05, 3.63) is 65.3 Å². The number of benzene rings is 1. The Balaban J connectivity index is 1.88. The molecule has 0 fully saturated rings. The second-order valence-corrected chi connectivity index (χ2v) is 8.47. The molecule has 3 heterocycles.